The fourth-order valence-electron chi connectivity index (χ4n) is 0.692. The molecule has 1 aliphatic rings. The van der Waals surface area contributed by atoms with E-state index in [9.17, 15) is 13.2 Å². The predicted molar refractivity (Wildman–Crippen MR) is 39.5 cm³/mol. The smallest absolute Gasteiger partial charge is 0.382 e. The lowest BCUT2D eigenvalue weighted by atomic mass is 10.3. The summed E-state index contributed by atoms with van der Waals surface area (Å²) in [6.07, 6.45) is -2.76. The lowest BCUT2D eigenvalue weighted by Gasteiger charge is -2.24. The quantitative estimate of drug-likeness (QED) is 0.663. The first-order valence-electron chi connectivity index (χ1n) is 3.48. The van der Waals surface area contributed by atoms with Gasteiger partial charge in [-0.1, -0.05) is 0 Å². The van der Waals surface area contributed by atoms with Crippen molar-refractivity contribution in [2.75, 3.05) is 6.54 Å². The summed E-state index contributed by atoms with van der Waals surface area (Å²) in [5.74, 6) is 0. The summed E-state index contributed by atoms with van der Waals surface area (Å²) in [4.78, 5) is 0. The summed E-state index contributed by atoms with van der Waals surface area (Å²) in [7, 11) is 0. The van der Waals surface area contributed by atoms with Gasteiger partial charge >= 0.3 is 6.18 Å². The summed E-state index contributed by atoms with van der Waals surface area (Å²) in [6.45, 7) is -0.635. The van der Waals surface area contributed by atoms with Crippen LogP contribution in [-0.2, 0) is 0 Å². The van der Waals surface area contributed by atoms with E-state index >= 15 is 0 Å². The number of aliphatic hydroxyl groups is 1. The number of alkyl halides is 3. The zero-order chi connectivity index (χ0) is 9.90. The van der Waals surface area contributed by atoms with Crippen molar-refractivity contribution in [3.05, 3.63) is 12.3 Å². The van der Waals surface area contributed by atoms with Crippen LogP contribution >= 0.6 is 0 Å². The van der Waals surface area contributed by atoms with Gasteiger partial charge in [-0.05, 0) is 6.08 Å². The average Bonchev–Trinajstić information content (AvgIpc) is 2.04. The Hall–Kier alpha value is -1.24. The maximum Gasteiger partial charge on any atom is 0.416 e. The van der Waals surface area contributed by atoms with Crippen LogP contribution in [0, 0.1) is 0 Å². The molecule has 0 saturated carbocycles. The first-order valence-corrected chi connectivity index (χ1v) is 3.48. The highest BCUT2D eigenvalue weighted by Crippen LogP contribution is 2.20. The van der Waals surface area contributed by atoms with Gasteiger partial charge in [0, 0.05) is 6.20 Å². The van der Waals surface area contributed by atoms with E-state index in [4.69, 9.17) is 5.11 Å². The zero-order valence-electron chi connectivity index (χ0n) is 6.49. The first-order chi connectivity index (χ1) is 6.00. The number of β-amino-alcohol motifs (C(OH)–C–C–N with tert-alkyl or cyclic N) is 1. The number of rotatable bonds is 2. The largest absolute Gasteiger partial charge is 0.416 e. The molecule has 0 aliphatic carbocycles. The van der Waals surface area contributed by atoms with Gasteiger partial charge in [-0.15, -0.1) is 0 Å². The van der Waals surface area contributed by atoms with Gasteiger partial charge in [-0.3, -0.25) is 5.43 Å². The molecule has 1 aliphatic heterocycles. The number of hydrogen-bond donors (Lipinski definition) is 2. The molecule has 0 spiro atoms. The Bertz CT molecular complexity index is 226. The third-order valence-corrected chi connectivity index (χ3v) is 1.34. The van der Waals surface area contributed by atoms with E-state index in [0.717, 1.165) is 5.12 Å². The van der Waals surface area contributed by atoms with E-state index in [-0.39, 0.29) is 0 Å². The maximum atomic E-state index is 11.8. The van der Waals surface area contributed by atoms with Crippen LogP contribution in [0.25, 0.3) is 0 Å². The van der Waals surface area contributed by atoms with Gasteiger partial charge in [0.15, 0.2) is 6.10 Å². The highest BCUT2D eigenvalue weighted by Gasteiger charge is 2.39. The summed E-state index contributed by atoms with van der Waals surface area (Å²) in [6, 6.07) is 0. The molecule has 4 nitrogen and oxygen atoms in total. The van der Waals surface area contributed by atoms with Crippen molar-refractivity contribution < 1.29 is 18.3 Å². The third-order valence-electron chi connectivity index (χ3n) is 1.34. The summed E-state index contributed by atoms with van der Waals surface area (Å²) in [5, 5.41) is 13.1. The summed E-state index contributed by atoms with van der Waals surface area (Å²) < 4.78 is 35.5. The SMILES string of the molecule is OC(CN1N=CC=CN1)C(F)(F)F. The molecule has 74 valence electrons. The molecule has 0 bridgehead atoms. The highest BCUT2D eigenvalue weighted by atomic mass is 19.4. The van der Waals surface area contributed by atoms with Gasteiger partial charge in [0.05, 0.1) is 12.8 Å². The fourth-order valence-corrected chi connectivity index (χ4v) is 0.692. The normalized spacial score (nSPS) is 18.6. The van der Waals surface area contributed by atoms with Crippen LogP contribution in [0.5, 0.6) is 0 Å². The molecule has 0 aromatic heterocycles. The molecule has 0 aromatic rings. The molecule has 0 radical (unpaired) electrons. The van der Waals surface area contributed by atoms with Gasteiger partial charge in [-0.25, -0.2) is 5.12 Å². The molecule has 0 saturated heterocycles. The van der Waals surface area contributed by atoms with Crippen molar-refractivity contribution in [2.24, 2.45) is 5.10 Å². The van der Waals surface area contributed by atoms with Crippen LogP contribution < -0.4 is 5.43 Å². The number of hydrazine groups is 1. The molecule has 13 heavy (non-hydrogen) atoms. The Labute approximate surface area is 72.3 Å². The average molecular weight is 195 g/mol. The van der Waals surface area contributed by atoms with E-state index in [1.54, 1.807) is 0 Å². The second kappa shape index (κ2) is 3.65. The molecule has 1 unspecified atom stereocenters. The van der Waals surface area contributed by atoms with E-state index in [1.165, 1.54) is 18.5 Å². The standard InChI is InChI=1S/C6H8F3N3O/c7-6(8,9)5(13)4-12-10-2-1-3-11-12/h1-3,5,10,13H,4H2. The van der Waals surface area contributed by atoms with Crippen LogP contribution in [0.15, 0.2) is 17.4 Å². The topological polar surface area (TPSA) is 47.9 Å². The molecule has 0 aromatic carbocycles. The number of hydrazone groups is 1. The number of halogens is 3. The molecular weight excluding hydrogens is 187 g/mol. The number of nitrogens with zero attached hydrogens (tertiary/aromatic N) is 2. The van der Waals surface area contributed by atoms with Crippen molar-refractivity contribution in [1.29, 1.82) is 0 Å². The Morgan fingerprint density at radius 3 is 2.69 bits per heavy atom. The van der Waals surface area contributed by atoms with Crippen molar-refractivity contribution in [3.8, 4) is 0 Å². The van der Waals surface area contributed by atoms with E-state index in [2.05, 4.69) is 10.5 Å². The van der Waals surface area contributed by atoms with Gasteiger partial charge in [0.1, 0.15) is 0 Å². The van der Waals surface area contributed by atoms with Gasteiger partial charge in [0.25, 0.3) is 0 Å². The highest BCUT2D eigenvalue weighted by molar-refractivity contribution is 5.71. The minimum absolute atomic E-state index is 0.635. The lowest BCUT2D eigenvalue weighted by molar-refractivity contribution is -0.209. The summed E-state index contributed by atoms with van der Waals surface area (Å²) in [5.41, 5.74) is 2.42. The van der Waals surface area contributed by atoms with Crippen LogP contribution in [-0.4, -0.2) is 35.3 Å². The van der Waals surface area contributed by atoms with Crippen LogP contribution in [0.3, 0.4) is 0 Å². The molecule has 0 amide bonds. The molecule has 1 atom stereocenters. The van der Waals surface area contributed by atoms with Crippen molar-refractivity contribution in [3.63, 3.8) is 0 Å². The number of aliphatic hydroxyl groups excluding tert-OH is 1. The zero-order valence-corrected chi connectivity index (χ0v) is 6.49. The van der Waals surface area contributed by atoms with E-state index in [0.29, 0.717) is 0 Å². The Morgan fingerprint density at radius 1 is 1.54 bits per heavy atom. The predicted octanol–water partition coefficient (Wildman–Crippen LogP) is 0.229. The fraction of sp³-hybridized carbons (Fsp3) is 0.500. The van der Waals surface area contributed by atoms with Crippen molar-refractivity contribution >= 4 is 6.21 Å². The van der Waals surface area contributed by atoms with E-state index < -0.39 is 18.8 Å². The van der Waals surface area contributed by atoms with Gasteiger partial charge < -0.3 is 5.11 Å². The van der Waals surface area contributed by atoms with Crippen molar-refractivity contribution in [2.45, 2.75) is 12.3 Å². The second-order valence-corrected chi connectivity index (χ2v) is 2.39. The maximum absolute atomic E-state index is 11.8. The summed E-state index contributed by atoms with van der Waals surface area (Å²) >= 11 is 0. The molecule has 1 heterocycles. The molecule has 7 heteroatoms. The third kappa shape index (κ3) is 2.94. The molecule has 0 fully saturated rings. The lowest BCUT2D eigenvalue weighted by Crippen LogP contribution is -2.43. The molecule has 1 rings (SSSR count). The van der Waals surface area contributed by atoms with Crippen molar-refractivity contribution in [1.82, 2.24) is 10.5 Å². The monoisotopic (exact) mass is 195 g/mol. The Kier molecular flexibility index (Phi) is 2.76. The van der Waals surface area contributed by atoms with Gasteiger partial charge in [-0.2, -0.15) is 18.3 Å². The Balaban J connectivity index is 2.41. The second-order valence-electron chi connectivity index (χ2n) is 2.39. The van der Waals surface area contributed by atoms with E-state index in [1.807, 2.05) is 0 Å². The number of nitrogens with one attached hydrogen (secondary N) is 1. The molecular formula is C6H8F3N3O. The minimum atomic E-state index is -4.61. The Morgan fingerprint density at radius 2 is 2.23 bits per heavy atom. The minimum Gasteiger partial charge on any atom is -0.382 e. The van der Waals surface area contributed by atoms with Crippen LogP contribution in [0.1, 0.15) is 0 Å². The first kappa shape index (κ1) is 9.85. The van der Waals surface area contributed by atoms with Crippen LogP contribution in [0.2, 0.25) is 0 Å². The number of hydrogen-bond acceptors (Lipinski definition) is 4. The van der Waals surface area contributed by atoms with Gasteiger partial charge in [0.2, 0.25) is 0 Å². The molecule has 2 N–H and O–H groups in total. The van der Waals surface area contributed by atoms with Crippen LogP contribution in [0.4, 0.5) is 13.2 Å². The number of allylic oxidation sites excluding steroid dienone is 1.